The molecule has 1 aromatic carbocycles. The maximum absolute atomic E-state index is 14.3. The van der Waals surface area contributed by atoms with Gasteiger partial charge in [-0.3, -0.25) is 24.1 Å². The molecule has 50 heavy (non-hydrogen) atoms. The van der Waals surface area contributed by atoms with Crippen molar-refractivity contribution in [3.8, 4) is 0 Å². The minimum atomic E-state index is -1.13. The molecule has 3 aliphatic rings. The fourth-order valence-electron chi connectivity index (χ4n) is 6.74. The van der Waals surface area contributed by atoms with Gasteiger partial charge in [-0.15, -0.1) is 0 Å². The molecule has 1 aromatic rings. The van der Waals surface area contributed by atoms with Gasteiger partial charge in [0.1, 0.15) is 18.2 Å². The quantitative estimate of drug-likeness (QED) is 0.342. The van der Waals surface area contributed by atoms with Gasteiger partial charge < -0.3 is 30.3 Å². The zero-order chi connectivity index (χ0) is 36.6. The van der Waals surface area contributed by atoms with Crippen LogP contribution in [0.15, 0.2) is 18.2 Å². The van der Waals surface area contributed by atoms with E-state index in [9.17, 15) is 28.8 Å². The second kappa shape index (κ2) is 17.2. The Morgan fingerprint density at radius 1 is 1.00 bits per heavy atom. The van der Waals surface area contributed by atoms with Crippen molar-refractivity contribution < 1.29 is 38.2 Å². The number of carbonyl (C=O) groups is 6. The Kier molecular flexibility index (Phi) is 13.3. The van der Waals surface area contributed by atoms with Crippen LogP contribution in [0.1, 0.15) is 110 Å². The van der Waals surface area contributed by atoms with Crippen LogP contribution >= 0.6 is 0 Å². The highest BCUT2D eigenvalue weighted by molar-refractivity contribution is 6.38. The molecule has 0 radical (unpaired) electrons. The van der Waals surface area contributed by atoms with E-state index in [2.05, 4.69) is 22.0 Å². The van der Waals surface area contributed by atoms with Crippen molar-refractivity contribution in [2.75, 3.05) is 13.2 Å². The third kappa shape index (κ3) is 9.75. The summed E-state index contributed by atoms with van der Waals surface area (Å²) in [6.45, 7) is 11.8. The number of rotatable bonds is 8. The molecule has 0 saturated carbocycles. The Bertz CT molecular complexity index is 1420. The van der Waals surface area contributed by atoms with E-state index >= 15 is 0 Å². The monoisotopic (exact) mass is 697 g/mol. The zero-order valence-corrected chi connectivity index (χ0v) is 30.5. The summed E-state index contributed by atoms with van der Waals surface area (Å²) in [4.78, 5) is 83.6. The molecular weight excluding hydrogens is 642 g/mol. The number of alkyl carbamates (subject to hydrolysis) is 1. The number of cyclic esters (lactones) is 1. The van der Waals surface area contributed by atoms with E-state index in [4.69, 9.17) is 9.47 Å². The van der Waals surface area contributed by atoms with Gasteiger partial charge in [0.15, 0.2) is 0 Å². The van der Waals surface area contributed by atoms with Gasteiger partial charge in [-0.25, -0.2) is 9.59 Å². The number of aryl methyl sites for hydroxylation is 1. The number of fused-ring (bicyclic) bond motifs is 3. The Labute approximate surface area is 295 Å². The Balaban J connectivity index is 1.61. The summed E-state index contributed by atoms with van der Waals surface area (Å²) < 4.78 is 11.4. The summed E-state index contributed by atoms with van der Waals surface area (Å²) in [6, 6.07) is 2.57. The SMILES string of the molecule is CCC[C@H](NC(=O)[C@@H]1CC2CN1C(=O)[C@H](C(C)(C)C)NC(=O)OCCCCCCc1cccc3c1CN(C3)C(=O)O2)C(=O)C(=O)NC(C)CC. The van der Waals surface area contributed by atoms with E-state index in [-0.39, 0.29) is 32.0 Å². The summed E-state index contributed by atoms with van der Waals surface area (Å²) in [5, 5.41) is 8.10. The minimum absolute atomic E-state index is 0.0250. The fourth-order valence-corrected chi connectivity index (χ4v) is 6.74. The fraction of sp³-hybridized carbons (Fsp3) is 0.676. The molecule has 1 fully saturated rings. The molecule has 5 amide bonds. The lowest BCUT2D eigenvalue weighted by Crippen LogP contribution is -2.59. The van der Waals surface area contributed by atoms with Crippen molar-refractivity contribution in [3.05, 3.63) is 34.9 Å². The van der Waals surface area contributed by atoms with Crippen molar-refractivity contribution in [2.45, 2.75) is 143 Å². The molecule has 0 aromatic heterocycles. The first kappa shape index (κ1) is 38.6. The second-order valence-electron chi connectivity index (χ2n) is 14.9. The maximum Gasteiger partial charge on any atom is 0.410 e. The number of hydrogen-bond donors (Lipinski definition) is 3. The highest BCUT2D eigenvalue weighted by Gasteiger charge is 2.47. The van der Waals surface area contributed by atoms with Crippen molar-refractivity contribution in [1.82, 2.24) is 25.8 Å². The Morgan fingerprint density at radius 3 is 2.42 bits per heavy atom. The first-order chi connectivity index (χ1) is 23.7. The zero-order valence-electron chi connectivity index (χ0n) is 30.5. The first-order valence-corrected chi connectivity index (χ1v) is 18.2. The van der Waals surface area contributed by atoms with Crippen molar-refractivity contribution in [2.24, 2.45) is 5.41 Å². The lowest BCUT2D eigenvalue weighted by molar-refractivity contribution is -0.144. The standard InChI is InChI=1S/C37H55N5O8/c1-7-14-28(30(43)33(45)38-23(3)8-2)39-32(44)29-19-26-21-42(29)34(46)31(37(4,5)6)40-35(47)49-18-12-10-9-11-15-24-16-13-17-25-20-41(22-27(24)25)36(48)50-26/h13,16-17,23,26,28-29,31H,7-12,14-15,18-22H2,1-6H3,(H,38,45)(H,39,44)(H,40,47)/t23?,26?,28-,29-,31+/m0/s1. The summed E-state index contributed by atoms with van der Waals surface area (Å²) >= 11 is 0. The topological polar surface area (TPSA) is 163 Å². The van der Waals surface area contributed by atoms with Crippen molar-refractivity contribution in [3.63, 3.8) is 0 Å². The molecular formula is C37H55N5O8. The van der Waals surface area contributed by atoms with Crippen molar-refractivity contribution >= 4 is 35.7 Å². The number of nitrogens with one attached hydrogen (secondary N) is 3. The number of nitrogens with zero attached hydrogens (tertiary/aromatic N) is 2. The second-order valence-corrected chi connectivity index (χ2v) is 14.9. The molecule has 0 aliphatic carbocycles. The average molecular weight is 698 g/mol. The maximum atomic E-state index is 14.3. The number of hydrogen-bond acceptors (Lipinski definition) is 8. The molecule has 4 bridgehead atoms. The predicted molar refractivity (Wildman–Crippen MR) is 186 cm³/mol. The summed E-state index contributed by atoms with van der Waals surface area (Å²) in [7, 11) is 0. The van der Waals surface area contributed by atoms with Crippen LogP contribution in [0.2, 0.25) is 0 Å². The molecule has 13 heteroatoms. The lowest BCUT2D eigenvalue weighted by atomic mass is 9.85. The van der Waals surface area contributed by atoms with Crippen LogP contribution in [0.25, 0.3) is 0 Å². The highest BCUT2D eigenvalue weighted by atomic mass is 16.6. The molecule has 3 aliphatic heterocycles. The number of ether oxygens (including phenoxy) is 2. The number of ketones is 1. The normalized spacial score (nSPS) is 23.2. The molecule has 2 unspecified atom stereocenters. The summed E-state index contributed by atoms with van der Waals surface area (Å²) in [5.74, 6) is -2.75. The third-order valence-corrected chi connectivity index (χ3v) is 9.83. The summed E-state index contributed by atoms with van der Waals surface area (Å²) in [5.41, 5.74) is 2.60. The van der Waals surface area contributed by atoms with Crippen LogP contribution in [0.3, 0.4) is 0 Å². The molecule has 276 valence electrons. The van der Waals surface area contributed by atoms with E-state index in [1.165, 1.54) is 10.5 Å². The van der Waals surface area contributed by atoms with Gasteiger partial charge in [0, 0.05) is 25.6 Å². The number of benzene rings is 1. The van der Waals surface area contributed by atoms with E-state index < -0.39 is 65.3 Å². The molecule has 13 nitrogen and oxygen atoms in total. The molecule has 3 heterocycles. The van der Waals surface area contributed by atoms with Crippen LogP contribution in [-0.4, -0.2) is 88.9 Å². The number of carbonyl (C=O) groups excluding carboxylic acids is 6. The molecule has 0 spiro atoms. The molecule has 3 N–H and O–H groups in total. The van der Waals surface area contributed by atoms with Gasteiger partial charge in [-0.1, -0.05) is 72.1 Å². The van der Waals surface area contributed by atoms with Gasteiger partial charge >= 0.3 is 12.2 Å². The van der Waals surface area contributed by atoms with Gasteiger partial charge in [0.05, 0.1) is 19.2 Å². The lowest BCUT2D eigenvalue weighted by Gasteiger charge is -2.35. The van der Waals surface area contributed by atoms with Gasteiger partial charge in [0.2, 0.25) is 17.6 Å². The largest absolute Gasteiger partial charge is 0.450 e. The number of amides is 5. The average Bonchev–Trinajstić information content (AvgIpc) is 3.70. The van der Waals surface area contributed by atoms with E-state index in [1.54, 1.807) is 32.6 Å². The smallest absolute Gasteiger partial charge is 0.410 e. The van der Waals surface area contributed by atoms with Crippen LogP contribution in [-0.2, 0) is 48.2 Å². The summed E-state index contributed by atoms with van der Waals surface area (Å²) in [6.07, 6.45) is 3.55. The minimum Gasteiger partial charge on any atom is -0.450 e. The van der Waals surface area contributed by atoms with Crippen LogP contribution in [0, 0.1) is 5.41 Å². The van der Waals surface area contributed by atoms with Gasteiger partial charge in [0.25, 0.3) is 5.91 Å². The van der Waals surface area contributed by atoms with E-state index in [1.807, 2.05) is 26.0 Å². The van der Waals surface area contributed by atoms with Crippen LogP contribution in [0.5, 0.6) is 0 Å². The Morgan fingerprint density at radius 2 is 1.72 bits per heavy atom. The third-order valence-electron chi connectivity index (χ3n) is 9.83. The Hall–Kier alpha value is -4.16. The molecule has 1 saturated heterocycles. The first-order valence-electron chi connectivity index (χ1n) is 18.2. The molecule has 5 atom stereocenters. The van der Waals surface area contributed by atoms with Gasteiger partial charge in [-0.05, 0) is 61.1 Å². The van der Waals surface area contributed by atoms with Crippen LogP contribution in [0.4, 0.5) is 9.59 Å². The van der Waals surface area contributed by atoms with Crippen molar-refractivity contribution in [1.29, 1.82) is 0 Å². The molecule has 4 rings (SSSR count). The predicted octanol–water partition coefficient (Wildman–Crippen LogP) is 4.13. The van der Waals surface area contributed by atoms with Gasteiger partial charge in [-0.2, -0.15) is 0 Å². The highest BCUT2D eigenvalue weighted by Crippen LogP contribution is 2.31. The van der Waals surface area contributed by atoms with Crippen LogP contribution < -0.4 is 16.0 Å². The van der Waals surface area contributed by atoms with E-state index in [0.717, 1.165) is 36.8 Å². The number of Topliss-reactive ketones (excluding diaryl/α,β-unsaturated/α-hetero) is 1. The van der Waals surface area contributed by atoms with E-state index in [0.29, 0.717) is 32.4 Å².